The summed E-state index contributed by atoms with van der Waals surface area (Å²) in [4.78, 5) is 19.7. The number of aromatic nitrogens is 3. The number of hydrogen-bond donors (Lipinski definition) is 2. The van der Waals surface area contributed by atoms with Crippen molar-refractivity contribution in [2.75, 3.05) is 31.1 Å². The average Bonchev–Trinajstić information content (AvgIpc) is 3.00. The Hall–Kier alpha value is -2.15. The molecule has 25 heavy (non-hydrogen) atoms. The third-order valence-electron chi connectivity index (χ3n) is 5.27. The molecule has 2 aliphatic heterocycles. The molecule has 2 aromatic heterocycles. The number of rotatable bonds is 3. The van der Waals surface area contributed by atoms with E-state index in [9.17, 15) is 4.79 Å². The monoisotopic (exact) mass is 342 g/mol. The molecule has 2 N–H and O–H groups in total. The van der Waals surface area contributed by atoms with Crippen molar-refractivity contribution in [3.63, 3.8) is 0 Å². The molecule has 2 aromatic rings. The van der Waals surface area contributed by atoms with Gasteiger partial charge < -0.3 is 15.5 Å². The average molecular weight is 342 g/mol. The Balaban J connectivity index is 1.61. The van der Waals surface area contributed by atoms with E-state index in [-0.39, 0.29) is 11.9 Å². The Bertz CT molecular complexity index is 758. The molecule has 7 nitrogen and oxygen atoms in total. The van der Waals surface area contributed by atoms with Crippen LogP contribution in [-0.4, -0.2) is 52.9 Å². The highest BCUT2D eigenvalue weighted by atomic mass is 16.2. The molecule has 2 saturated heterocycles. The maximum Gasteiger partial charge on any atom is 0.272 e. The van der Waals surface area contributed by atoms with Gasteiger partial charge in [-0.05, 0) is 51.3 Å². The highest BCUT2D eigenvalue weighted by molar-refractivity contribution is 6.04. The maximum absolute atomic E-state index is 12.8. The molecule has 0 unspecified atom stereocenters. The second-order valence-electron chi connectivity index (χ2n) is 7.08. The third kappa shape index (κ3) is 3.33. The molecule has 0 radical (unpaired) electrons. The number of amides is 1. The summed E-state index contributed by atoms with van der Waals surface area (Å²) in [5.74, 6) is -0.0879. The summed E-state index contributed by atoms with van der Waals surface area (Å²) >= 11 is 0. The standard InChI is InChI=1S/C18H26N6O/c1-23-17-15(11-14(12-20-17)24-9-3-2-4-10-24)16(22-23)18(25)21-13-5-7-19-8-6-13/h11-13,19H,2-10H2,1H3,(H,21,25). The van der Waals surface area contributed by atoms with Gasteiger partial charge in [0.05, 0.1) is 17.3 Å². The van der Waals surface area contributed by atoms with Crippen molar-refractivity contribution in [1.82, 2.24) is 25.4 Å². The van der Waals surface area contributed by atoms with Crippen molar-refractivity contribution in [2.45, 2.75) is 38.1 Å². The first-order valence-corrected chi connectivity index (χ1v) is 9.31. The molecule has 1 amide bonds. The van der Waals surface area contributed by atoms with Gasteiger partial charge in [-0.25, -0.2) is 9.67 Å². The van der Waals surface area contributed by atoms with Gasteiger partial charge in [0.25, 0.3) is 5.91 Å². The minimum absolute atomic E-state index is 0.0879. The molecule has 0 spiro atoms. The Morgan fingerprint density at radius 2 is 2.00 bits per heavy atom. The van der Waals surface area contributed by atoms with Crippen molar-refractivity contribution in [1.29, 1.82) is 0 Å². The zero-order valence-electron chi connectivity index (χ0n) is 14.8. The van der Waals surface area contributed by atoms with Crippen LogP contribution in [0.25, 0.3) is 11.0 Å². The smallest absolute Gasteiger partial charge is 0.272 e. The molecular formula is C18H26N6O. The van der Waals surface area contributed by atoms with Gasteiger partial charge in [0.1, 0.15) is 0 Å². The van der Waals surface area contributed by atoms with Crippen molar-refractivity contribution < 1.29 is 4.79 Å². The fourth-order valence-electron chi connectivity index (χ4n) is 3.84. The van der Waals surface area contributed by atoms with Crippen molar-refractivity contribution in [3.05, 3.63) is 18.0 Å². The third-order valence-corrected chi connectivity index (χ3v) is 5.27. The van der Waals surface area contributed by atoms with Gasteiger partial charge in [-0.3, -0.25) is 4.79 Å². The first-order valence-electron chi connectivity index (χ1n) is 9.31. The van der Waals surface area contributed by atoms with E-state index in [0.29, 0.717) is 5.69 Å². The Labute approximate surface area is 147 Å². The van der Waals surface area contributed by atoms with E-state index >= 15 is 0 Å². The molecule has 2 fully saturated rings. The van der Waals surface area contributed by atoms with Crippen LogP contribution in [0.5, 0.6) is 0 Å². The lowest BCUT2D eigenvalue weighted by atomic mass is 10.1. The molecule has 7 heteroatoms. The maximum atomic E-state index is 12.8. The van der Waals surface area contributed by atoms with Crippen LogP contribution in [0, 0.1) is 0 Å². The summed E-state index contributed by atoms with van der Waals surface area (Å²) in [5, 5.41) is 11.8. The Morgan fingerprint density at radius 1 is 1.24 bits per heavy atom. The predicted octanol–water partition coefficient (Wildman–Crippen LogP) is 1.44. The van der Waals surface area contributed by atoms with E-state index in [1.165, 1.54) is 19.3 Å². The second kappa shape index (κ2) is 7.00. The number of carbonyl (C=O) groups is 1. The van der Waals surface area contributed by atoms with Crippen LogP contribution in [0.15, 0.2) is 12.3 Å². The van der Waals surface area contributed by atoms with Crippen molar-refractivity contribution in [2.24, 2.45) is 7.05 Å². The van der Waals surface area contributed by atoms with E-state index in [4.69, 9.17) is 0 Å². The second-order valence-corrected chi connectivity index (χ2v) is 7.08. The van der Waals surface area contributed by atoms with Crippen LogP contribution in [0.2, 0.25) is 0 Å². The van der Waals surface area contributed by atoms with Gasteiger partial charge in [0.2, 0.25) is 0 Å². The summed E-state index contributed by atoms with van der Waals surface area (Å²) < 4.78 is 1.70. The van der Waals surface area contributed by atoms with E-state index in [1.807, 2.05) is 13.2 Å². The lowest BCUT2D eigenvalue weighted by Crippen LogP contribution is -2.42. The normalized spacial score (nSPS) is 19.3. The predicted molar refractivity (Wildman–Crippen MR) is 97.9 cm³/mol. The number of pyridine rings is 1. The van der Waals surface area contributed by atoms with Crippen LogP contribution >= 0.6 is 0 Å². The molecule has 4 rings (SSSR count). The van der Waals surface area contributed by atoms with E-state index < -0.39 is 0 Å². The summed E-state index contributed by atoms with van der Waals surface area (Å²) in [6, 6.07) is 2.31. The molecular weight excluding hydrogens is 316 g/mol. The number of anilines is 1. The fraction of sp³-hybridized carbons (Fsp3) is 0.611. The van der Waals surface area contributed by atoms with Crippen molar-refractivity contribution in [3.8, 4) is 0 Å². The number of fused-ring (bicyclic) bond motifs is 1. The van der Waals surface area contributed by atoms with Crippen LogP contribution in [0.3, 0.4) is 0 Å². The van der Waals surface area contributed by atoms with Crippen molar-refractivity contribution >= 4 is 22.6 Å². The number of nitrogens with zero attached hydrogens (tertiary/aromatic N) is 4. The Kier molecular flexibility index (Phi) is 4.57. The molecule has 2 aliphatic rings. The van der Waals surface area contributed by atoms with Gasteiger partial charge in [0.15, 0.2) is 11.3 Å². The number of carbonyl (C=O) groups excluding carboxylic acids is 1. The molecule has 0 aromatic carbocycles. The number of nitrogens with one attached hydrogen (secondary N) is 2. The van der Waals surface area contributed by atoms with Crippen LogP contribution in [0.1, 0.15) is 42.6 Å². The lowest BCUT2D eigenvalue weighted by Gasteiger charge is -2.28. The minimum atomic E-state index is -0.0879. The SMILES string of the molecule is Cn1nc(C(=O)NC2CCNCC2)c2cc(N3CCCCC3)cnc21. The zero-order chi connectivity index (χ0) is 17.2. The van der Waals surface area contributed by atoms with Gasteiger partial charge in [-0.15, -0.1) is 0 Å². The molecule has 0 atom stereocenters. The van der Waals surface area contributed by atoms with Gasteiger partial charge >= 0.3 is 0 Å². The number of aryl methyl sites for hydroxylation is 1. The van der Waals surface area contributed by atoms with Crippen LogP contribution < -0.4 is 15.5 Å². The summed E-state index contributed by atoms with van der Waals surface area (Å²) in [6.07, 6.45) is 7.57. The first-order chi connectivity index (χ1) is 12.2. The highest BCUT2D eigenvalue weighted by Crippen LogP contribution is 2.25. The quantitative estimate of drug-likeness (QED) is 0.883. The van der Waals surface area contributed by atoms with Gasteiger partial charge in [-0.2, -0.15) is 5.10 Å². The summed E-state index contributed by atoms with van der Waals surface area (Å²) in [6.45, 7) is 4.03. The topological polar surface area (TPSA) is 75.1 Å². The number of hydrogen-bond acceptors (Lipinski definition) is 5. The van der Waals surface area contributed by atoms with E-state index in [1.54, 1.807) is 4.68 Å². The lowest BCUT2D eigenvalue weighted by molar-refractivity contribution is 0.0925. The Morgan fingerprint density at radius 3 is 2.76 bits per heavy atom. The molecule has 4 heterocycles. The fourth-order valence-corrected chi connectivity index (χ4v) is 3.84. The largest absolute Gasteiger partial charge is 0.370 e. The van der Waals surface area contributed by atoms with Gasteiger partial charge in [0, 0.05) is 26.2 Å². The summed E-state index contributed by atoms with van der Waals surface area (Å²) in [5.41, 5.74) is 2.34. The van der Waals surface area contributed by atoms with Gasteiger partial charge in [-0.1, -0.05) is 0 Å². The molecule has 0 aliphatic carbocycles. The highest BCUT2D eigenvalue weighted by Gasteiger charge is 2.22. The molecule has 134 valence electrons. The van der Waals surface area contributed by atoms with Crippen LogP contribution in [-0.2, 0) is 7.05 Å². The molecule has 0 bridgehead atoms. The van der Waals surface area contributed by atoms with E-state index in [0.717, 1.165) is 55.7 Å². The van der Waals surface area contributed by atoms with E-state index in [2.05, 4.69) is 31.7 Å². The number of piperidine rings is 2. The minimum Gasteiger partial charge on any atom is -0.370 e. The zero-order valence-corrected chi connectivity index (χ0v) is 14.8. The summed E-state index contributed by atoms with van der Waals surface area (Å²) in [7, 11) is 1.84. The first kappa shape index (κ1) is 16.3. The molecule has 0 saturated carbocycles. The van der Waals surface area contributed by atoms with Crippen LogP contribution in [0.4, 0.5) is 5.69 Å².